The first-order valence-corrected chi connectivity index (χ1v) is 9.01. The van der Waals surface area contributed by atoms with Crippen molar-refractivity contribution in [1.82, 2.24) is 19.4 Å². The second kappa shape index (κ2) is 6.66. The predicted octanol–water partition coefficient (Wildman–Crippen LogP) is 4.06. The van der Waals surface area contributed by atoms with E-state index in [0.29, 0.717) is 12.2 Å². The second-order valence-electron chi connectivity index (χ2n) is 6.61. The van der Waals surface area contributed by atoms with Gasteiger partial charge in [-0.3, -0.25) is 9.20 Å². The van der Waals surface area contributed by atoms with Gasteiger partial charge in [-0.1, -0.05) is 30.3 Å². The smallest absolute Gasteiger partial charge is 0.234 e. The number of aromatic amines is 1. The van der Waals surface area contributed by atoms with Gasteiger partial charge in [-0.25, -0.2) is 9.97 Å². The largest absolute Gasteiger partial charge is 0.361 e. The first kappa shape index (κ1) is 16.3. The highest BCUT2D eigenvalue weighted by Gasteiger charge is 2.10. The van der Waals surface area contributed by atoms with Crippen LogP contribution in [0.25, 0.3) is 27.9 Å². The van der Waals surface area contributed by atoms with Crippen LogP contribution in [0.15, 0.2) is 79.4 Å². The van der Waals surface area contributed by atoms with Crippen molar-refractivity contribution in [3.05, 3.63) is 84.9 Å². The zero-order valence-electron chi connectivity index (χ0n) is 15.0. The fraction of sp³-hybridized carbons (Fsp3) is 0.0455. The Morgan fingerprint density at radius 3 is 2.79 bits per heavy atom. The third kappa shape index (κ3) is 3.01. The van der Waals surface area contributed by atoms with Crippen molar-refractivity contribution in [3.63, 3.8) is 0 Å². The van der Waals surface area contributed by atoms with Crippen molar-refractivity contribution < 1.29 is 4.79 Å². The van der Waals surface area contributed by atoms with Crippen LogP contribution in [0.3, 0.4) is 0 Å². The van der Waals surface area contributed by atoms with Crippen molar-refractivity contribution in [2.45, 2.75) is 6.42 Å². The normalized spacial score (nSPS) is 11.1. The molecule has 0 bridgehead atoms. The monoisotopic (exact) mass is 367 g/mol. The lowest BCUT2D eigenvalue weighted by Crippen LogP contribution is -2.14. The van der Waals surface area contributed by atoms with E-state index < -0.39 is 0 Å². The van der Waals surface area contributed by atoms with Gasteiger partial charge in [0, 0.05) is 46.9 Å². The van der Waals surface area contributed by atoms with Crippen LogP contribution >= 0.6 is 0 Å². The minimum absolute atomic E-state index is 0.0468. The number of amides is 1. The minimum Gasteiger partial charge on any atom is -0.361 e. The van der Waals surface area contributed by atoms with Crippen LogP contribution in [0, 0.1) is 0 Å². The van der Waals surface area contributed by atoms with Crippen LogP contribution in [0.5, 0.6) is 0 Å². The molecule has 0 radical (unpaired) electrons. The number of hydrogen-bond acceptors (Lipinski definition) is 3. The van der Waals surface area contributed by atoms with Gasteiger partial charge in [-0.15, -0.1) is 0 Å². The van der Waals surface area contributed by atoms with Crippen LogP contribution in [0.4, 0.5) is 5.69 Å². The molecule has 0 saturated heterocycles. The molecule has 0 aliphatic rings. The van der Waals surface area contributed by atoms with E-state index in [0.717, 1.165) is 33.4 Å². The van der Waals surface area contributed by atoms with Crippen LogP contribution in [0.1, 0.15) is 5.56 Å². The maximum Gasteiger partial charge on any atom is 0.234 e. The summed E-state index contributed by atoms with van der Waals surface area (Å²) in [5, 5.41) is 4.04. The van der Waals surface area contributed by atoms with Crippen molar-refractivity contribution in [1.29, 1.82) is 0 Å². The number of H-pyrrole nitrogens is 1. The maximum absolute atomic E-state index is 12.4. The number of aromatic nitrogens is 4. The summed E-state index contributed by atoms with van der Waals surface area (Å²) < 4.78 is 1.88. The van der Waals surface area contributed by atoms with Gasteiger partial charge < -0.3 is 10.3 Å². The van der Waals surface area contributed by atoms with Gasteiger partial charge in [0.1, 0.15) is 0 Å². The van der Waals surface area contributed by atoms with E-state index in [4.69, 9.17) is 0 Å². The fourth-order valence-corrected chi connectivity index (χ4v) is 3.35. The Balaban J connectivity index is 1.31. The number of nitrogens with zero attached hydrogens (tertiary/aromatic N) is 3. The Hall–Kier alpha value is -3.93. The van der Waals surface area contributed by atoms with Gasteiger partial charge in [-0.05, 0) is 29.8 Å². The molecule has 0 fully saturated rings. The van der Waals surface area contributed by atoms with Gasteiger partial charge >= 0.3 is 0 Å². The lowest BCUT2D eigenvalue weighted by atomic mass is 10.1. The maximum atomic E-state index is 12.4. The molecular weight excluding hydrogens is 350 g/mol. The van der Waals surface area contributed by atoms with Gasteiger partial charge in [0.05, 0.1) is 12.1 Å². The number of nitrogens with one attached hydrogen (secondary N) is 2. The highest BCUT2D eigenvalue weighted by molar-refractivity contribution is 5.95. The predicted molar refractivity (Wildman–Crippen MR) is 109 cm³/mol. The van der Waals surface area contributed by atoms with E-state index in [1.54, 1.807) is 6.20 Å². The molecule has 0 atom stereocenters. The molecule has 136 valence electrons. The molecule has 0 spiro atoms. The van der Waals surface area contributed by atoms with E-state index >= 15 is 0 Å². The van der Waals surface area contributed by atoms with Crippen molar-refractivity contribution in [2.75, 3.05) is 5.32 Å². The Bertz CT molecular complexity index is 1250. The summed E-state index contributed by atoms with van der Waals surface area (Å²) in [6.07, 6.45) is 7.79. The van der Waals surface area contributed by atoms with Gasteiger partial charge in [0.2, 0.25) is 11.7 Å². The number of para-hydroxylation sites is 1. The topological polar surface area (TPSA) is 75.1 Å². The SMILES string of the molecule is O=C(Cc1c[nH]c2ccccc12)Nc1ccc(-c2cn3cccnc3n2)cc1. The van der Waals surface area contributed by atoms with Crippen molar-refractivity contribution in [3.8, 4) is 11.3 Å². The molecule has 0 aliphatic carbocycles. The Labute approximate surface area is 160 Å². The minimum atomic E-state index is -0.0468. The Morgan fingerprint density at radius 2 is 1.93 bits per heavy atom. The van der Waals surface area contributed by atoms with Gasteiger partial charge in [-0.2, -0.15) is 0 Å². The molecule has 1 amide bonds. The van der Waals surface area contributed by atoms with E-state index in [1.165, 1.54) is 0 Å². The molecular formula is C22H17N5O. The van der Waals surface area contributed by atoms with Crippen molar-refractivity contribution in [2.24, 2.45) is 0 Å². The first-order valence-electron chi connectivity index (χ1n) is 9.01. The number of imidazole rings is 1. The first-order chi connectivity index (χ1) is 13.8. The number of fused-ring (bicyclic) bond motifs is 2. The third-order valence-electron chi connectivity index (χ3n) is 4.73. The van der Waals surface area contributed by atoms with E-state index in [-0.39, 0.29) is 5.91 Å². The number of hydrogen-bond donors (Lipinski definition) is 2. The number of carbonyl (C=O) groups is 1. The Morgan fingerprint density at radius 1 is 1.07 bits per heavy atom. The summed E-state index contributed by atoms with van der Waals surface area (Å²) in [5.41, 5.74) is 4.60. The molecule has 28 heavy (non-hydrogen) atoms. The molecule has 3 aromatic heterocycles. The lowest BCUT2D eigenvalue weighted by Gasteiger charge is -2.06. The lowest BCUT2D eigenvalue weighted by molar-refractivity contribution is -0.115. The molecule has 5 aromatic rings. The zero-order chi connectivity index (χ0) is 18.9. The highest BCUT2D eigenvalue weighted by atomic mass is 16.1. The molecule has 0 aliphatic heterocycles. The van der Waals surface area contributed by atoms with Crippen LogP contribution in [-0.2, 0) is 11.2 Å². The second-order valence-corrected chi connectivity index (χ2v) is 6.61. The molecule has 2 N–H and O–H groups in total. The Kier molecular flexibility index (Phi) is 3.87. The third-order valence-corrected chi connectivity index (χ3v) is 4.73. The van der Waals surface area contributed by atoms with Crippen LogP contribution in [0.2, 0.25) is 0 Å². The van der Waals surface area contributed by atoms with Crippen LogP contribution < -0.4 is 5.32 Å². The summed E-state index contributed by atoms with van der Waals surface area (Å²) in [6.45, 7) is 0. The molecule has 6 nitrogen and oxygen atoms in total. The molecule has 5 rings (SSSR count). The van der Waals surface area contributed by atoms with E-state index in [1.807, 2.05) is 77.6 Å². The number of carbonyl (C=O) groups excluding carboxylic acids is 1. The van der Waals surface area contributed by atoms with E-state index in [2.05, 4.69) is 20.3 Å². The number of rotatable bonds is 4. The standard InChI is InChI=1S/C22H17N5O/c28-21(12-16-13-24-19-5-2-1-4-18(16)19)25-17-8-6-15(7-9-17)20-14-27-11-3-10-23-22(27)26-20/h1-11,13-14,24H,12H2,(H,25,28). The molecule has 2 aromatic carbocycles. The zero-order valence-corrected chi connectivity index (χ0v) is 15.0. The van der Waals surface area contributed by atoms with E-state index in [9.17, 15) is 4.79 Å². The van der Waals surface area contributed by atoms with Crippen LogP contribution in [-0.4, -0.2) is 25.3 Å². The fourth-order valence-electron chi connectivity index (χ4n) is 3.35. The average molecular weight is 367 g/mol. The van der Waals surface area contributed by atoms with Gasteiger partial charge in [0.15, 0.2) is 0 Å². The average Bonchev–Trinajstić information content (AvgIpc) is 3.33. The molecule has 6 heteroatoms. The molecule has 3 heterocycles. The quantitative estimate of drug-likeness (QED) is 0.503. The summed E-state index contributed by atoms with van der Waals surface area (Å²) in [7, 11) is 0. The van der Waals surface area contributed by atoms with Crippen molar-refractivity contribution >= 4 is 28.3 Å². The summed E-state index contributed by atoms with van der Waals surface area (Å²) >= 11 is 0. The number of anilines is 1. The molecule has 0 unspecified atom stereocenters. The summed E-state index contributed by atoms with van der Waals surface area (Å²) in [4.78, 5) is 24.4. The summed E-state index contributed by atoms with van der Waals surface area (Å²) in [6, 6.07) is 17.5. The molecule has 0 saturated carbocycles. The number of benzene rings is 2. The summed E-state index contributed by atoms with van der Waals surface area (Å²) in [5.74, 6) is 0.614. The highest BCUT2D eigenvalue weighted by Crippen LogP contribution is 2.22. The van der Waals surface area contributed by atoms with Gasteiger partial charge in [0.25, 0.3) is 0 Å².